The van der Waals surface area contributed by atoms with Crippen LogP contribution in [0.2, 0.25) is 0 Å². The Morgan fingerprint density at radius 1 is 1.42 bits per heavy atom. The van der Waals surface area contributed by atoms with E-state index in [2.05, 4.69) is 12.2 Å². The molecule has 0 heterocycles. The van der Waals surface area contributed by atoms with Crippen LogP contribution in [0.25, 0.3) is 0 Å². The number of aryl methyl sites for hydroxylation is 1. The lowest BCUT2D eigenvalue weighted by Crippen LogP contribution is -2.14. The van der Waals surface area contributed by atoms with E-state index in [0.717, 1.165) is 37.1 Å². The van der Waals surface area contributed by atoms with Gasteiger partial charge >= 0.3 is 0 Å². The van der Waals surface area contributed by atoms with E-state index in [1.54, 1.807) is 0 Å². The largest absolute Gasteiger partial charge is 0.491 e. The number of amides is 1. The summed E-state index contributed by atoms with van der Waals surface area (Å²) in [6.07, 6.45) is 4.26. The quantitative estimate of drug-likeness (QED) is 0.846. The molecule has 0 spiro atoms. The fraction of sp³-hybridized carbons (Fsp3) is 0.562. The highest BCUT2D eigenvalue weighted by molar-refractivity contribution is 5.94. The molecule has 1 saturated carbocycles. The van der Waals surface area contributed by atoms with Gasteiger partial charge in [-0.05, 0) is 56.9 Å². The molecular formula is C16H23NO2. The predicted octanol–water partition coefficient (Wildman–Crippen LogP) is 3.77. The van der Waals surface area contributed by atoms with Crippen molar-refractivity contribution in [2.45, 2.75) is 52.6 Å². The van der Waals surface area contributed by atoms with E-state index >= 15 is 0 Å². The maximum Gasteiger partial charge on any atom is 0.227 e. The van der Waals surface area contributed by atoms with Crippen molar-refractivity contribution in [1.82, 2.24) is 0 Å². The molecular weight excluding hydrogens is 238 g/mol. The first-order valence-electron chi connectivity index (χ1n) is 7.20. The SMILES string of the molecule is CCCc1cc(NC(=O)C2CC2)ccc1OC(C)C. The van der Waals surface area contributed by atoms with Gasteiger partial charge in [-0.15, -0.1) is 0 Å². The second-order valence-electron chi connectivity index (χ2n) is 5.50. The van der Waals surface area contributed by atoms with Crippen molar-refractivity contribution < 1.29 is 9.53 Å². The number of ether oxygens (including phenoxy) is 1. The summed E-state index contributed by atoms with van der Waals surface area (Å²) in [5, 5.41) is 2.99. The van der Waals surface area contributed by atoms with Crippen molar-refractivity contribution in [2.75, 3.05) is 5.32 Å². The molecule has 0 bridgehead atoms. The van der Waals surface area contributed by atoms with Crippen molar-refractivity contribution >= 4 is 11.6 Å². The second-order valence-corrected chi connectivity index (χ2v) is 5.50. The van der Waals surface area contributed by atoms with Crippen molar-refractivity contribution in [1.29, 1.82) is 0 Å². The van der Waals surface area contributed by atoms with Crippen LogP contribution in [0.15, 0.2) is 18.2 Å². The number of benzene rings is 1. The molecule has 0 unspecified atom stereocenters. The minimum Gasteiger partial charge on any atom is -0.491 e. The first kappa shape index (κ1) is 13.9. The summed E-state index contributed by atoms with van der Waals surface area (Å²) in [7, 11) is 0. The van der Waals surface area contributed by atoms with Crippen LogP contribution < -0.4 is 10.1 Å². The molecule has 19 heavy (non-hydrogen) atoms. The van der Waals surface area contributed by atoms with Crippen LogP contribution in [0.5, 0.6) is 5.75 Å². The number of anilines is 1. The third-order valence-corrected chi connectivity index (χ3v) is 3.16. The molecule has 1 aliphatic carbocycles. The molecule has 3 nitrogen and oxygen atoms in total. The molecule has 104 valence electrons. The van der Waals surface area contributed by atoms with Crippen LogP contribution in [0.1, 0.15) is 45.6 Å². The van der Waals surface area contributed by atoms with Gasteiger partial charge < -0.3 is 10.1 Å². The van der Waals surface area contributed by atoms with Gasteiger partial charge in [0.05, 0.1) is 6.10 Å². The molecule has 1 amide bonds. The maximum atomic E-state index is 11.8. The lowest BCUT2D eigenvalue weighted by atomic mass is 10.1. The third-order valence-electron chi connectivity index (χ3n) is 3.16. The molecule has 2 rings (SSSR count). The predicted molar refractivity (Wildman–Crippen MR) is 77.6 cm³/mol. The van der Waals surface area contributed by atoms with Gasteiger partial charge in [0, 0.05) is 11.6 Å². The average molecular weight is 261 g/mol. The third kappa shape index (κ3) is 3.98. The molecule has 0 saturated heterocycles. The number of rotatable bonds is 6. The Kier molecular flexibility index (Phi) is 4.46. The summed E-state index contributed by atoms with van der Waals surface area (Å²) in [5.41, 5.74) is 2.06. The standard InChI is InChI=1S/C16H23NO2/c1-4-5-13-10-14(17-16(18)12-6-7-12)8-9-15(13)19-11(2)3/h8-12H,4-7H2,1-3H3,(H,17,18). The summed E-state index contributed by atoms with van der Waals surface area (Å²) >= 11 is 0. The first-order chi connectivity index (χ1) is 9.10. The van der Waals surface area contributed by atoms with Crippen LogP contribution >= 0.6 is 0 Å². The second kappa shape index (κ2) is 6.09. The van der Waals surface area contributed by atoms with Crippen LogP contribution in [0.3, 0.4) is 0 Å². The molecule has 1 aliphatic rings. The molecule has 1 fully saturated rings. The smallest absolute Gasteiger partial charge is 0.227 e. The number of carbonyl (C=O) groups excluding carboxylic acids is 1. The van der Waals surface area contributed by atoms with E-state index in [9.17, 15) is 4.79 Å². The lowest BCUT2D eigenvalue weighted by molar-refractivity contribution is -0.117. The lowest BCUT2D eigenvalue weighted by Gasteiger charge is -2.15. The maximum absolute atomic E-state index is 11.8. The van der Waals surface area contributed by atoms with E-state index in [0.29, 0.717) is 0 Å². The van der Waals surface area contributed by atoms with Gasteiger partial charge in [-0.25, -0.2) is 0 Å². The minimum absolute atomic E-state index is 0.153. The summed E-state index contributed by atoms with van der Waals surface area (Å²) < 4.78 is 5.80. The number of hydrogen-bond donors (Lipinski definition) is 1. The Labute approximate surface area is 115 Å². The van der Waals surface area contributed by atoms with Crippen molar-refractivity contribution in [3.63, 3.8) is 0 Å². The van der Waals surface area contributed by atoms with Crippen LogP contribution in [-0.2, 0) is 11.2 Å². The Morgan fingerprint density at radius 2 is 2.16 bits per heavy atom. The van der Waals surface area contributed by atoms with Crippen LogP contribution in [-0.4, -0.2) is 12.0 Å². The van der Waals surface area contributed by atoms with E-state index in [1.165, 1.54) is 5.56 Å². The van der Waals surface area contributed by atoms with Crippen molar-refractivity contribution in [3.8, 4) is 5.75 Å². The first-order valence-corrected chi connectivity index (χ1v) is 7.20. The van der Waals surface area contributed by atoms with Gasteiger partial charge in [-0.3, -0.25) is 4.79 Å². The zero-order valence-corrected chi connectivity index (χ0v) is 12.0. The normalized spacial score (nSPS) is 14.5. The Bertz CT molecular complexity index is 450. The summed E-state index contributed by atoms with van der Waals surface area (Å²) in [6.45, 7) is 6.20. The monoisotopic (exact) mass is 261 g/mol. The van der Waals surface area contributed by atoms with Gasteiger partial charge in [-0.2, -0.15) is 0 Å². The number of nitrogens with one attached hydrogen (secondary N) is 1. The van der Waals surface area contributed by atoms with Gasteiger partial charge in [0.2, 0.25) is 5.91 Å². The van der Waals surface area contributed by atoms with Crippen molar-refractivity contribution in [3.05, 3.63) is 23.8 Å². The van der Waals surface area contributed by atoms with Gasteiger partial charge in [0.15, 0.2) is 0 Å². The zero-order valence-electron chi connectivity index (χ0n) is 12.0. The van der Waals surface area contributed by atoms with Gasteiger partial charge in [0.1, 0.15) is 5.75 Å². The highest BCUT2D eigenvalue weighted by Gasteiger charge is 2.29. The van der Waals surface area contributed by atoms with Crippen LogP contribution in [0.4, 0.5) is 5.69 Å². The topological polar surface area (TPSA) is 38.3 Å². The summed E-state index contributed by atoms with van der Waals surface area (Å²) in [4.78, 5) is 11.8. The molecule has 1 N–H and O–H groups in total. The fourth-order valence-corrected chi connectivity index (χ4v) is 2.08. The molecule has 0 aromatic heterocycles. The van der Waals surface area contributed by atoms with E-state index in [1.807, 2.05) is 32.0 Å². The highest BCUT2D eigenvalue weighted by Crippen LogP contribution is 2.31. The number of carbonyl (C=O) groups is 1. The average Bonchev–Trinajstić information content (AvgIpc) is 3.16. The molecule has 0 radical (unpaired) electrons. The Balaban J connectivity index is 2.12. The van der Waals surface area contributed by atoms with Crippen molar-refractivity contribution in [2.24, 2.45) is 5.92 Å². The molecule has 0 aliphatic heterocycles. The molecule has 1 aromatic carbocycles. The van der Waals surface area contributed by atoms with Gasteiger partial charge in [-0.1, -0.05) is 13.3 Å². The Morgan fingerprint density at radius 3 is 2.74 bits per heavy atom. The van der Waals surface area contributed by atoms with E-state index in [-0.39, 0.29) is 17.9 Å². The van der Waals surface area contributed by atoms with E-state index < -0.39 is 0 Å². The Hall–Kier alpha value is -1.51. The number of hydrogen-bond acceptors (Lipinski definition) is 2. The fourth-order valence-electron chi connectivity index (χ4n) is 2.08. The molecule has 3 heteroatoms. The molecule has 0 atom stereocenters. The minimum atomic E-state index is 0.153. The molecule has 1 aromatic rings. The van der Waals surface area contributed by atoms with Crippen LogP contribution in [0, 0.1) is 5.92 Å². The highest BCUT2D eigenvalue weighted by atomic mass is 16.5. The summed E-state index contributed by atoms with van der Waals surface area (Å²) in [5.74, 6) is 1.32. The van der Waals surface area contributed by atoms with E-state index in [4.69, 9.17) is 4.74 Å². The van der Waals surface area contributed by atoms with Gasteiger partial charge in [0.25, 0.3) is 0 Å². The zero-order chi connectivity index (χ0) is 13.8. The summed E-state index contributed by atoms with van der Waals surface area (Å²) in [6, 6.07) is 5.94.